The Kier molecular flexibility index (Phi) is 9.01. The summed E-state index contributed by atoms with van der Waals surface area (Å²) in [6, 6.07) is 17.2. The fourth-order valence-electron chi connectivity index (χ4n) is 2.93. The van der Waals surface area contributed by atoms with Crippen LogP contribution in [0.2, 0.25) is 0 Å². The quantitative estimate of drug-likeness (QED) is 0.463. The highest BCUT2D eigenvalue weighted by Crippen LogP contribution is 2.24. The van der Waals surface area contributed by atoms with Crippen LogP contribution < -0.4 is 35.0 Å². The van der Waals surface area contributed by atoms with Gasteiger partial charge in [-0.1, -0.05) is 36.4 Å². The number of nitrogens with zero attached hydrogens (tertiary/aromatic N) is 1. The highest BCUT2D eigenvalue weighted by molar-refractivity contribution is 5.72. The monoisotopic (exact) mass is 365 g/mol. The zero-order valence-corrected chi connectivity index (χ0v) is 15.5. The van der Waals surface area contributed by atoms with Crippen LogP contribution >= 0.6 is 0 Å². The molecule has 2 aromatic rings. The third-order valence-electron chi connectivity index (χ3n) is 4.19. The molecule has 3 rings (SSSR count). The average molecular weight is 366 g/mol. The maximum absolute atomic E-state index is 4.50. The van der Waals surface area contributed by atoms with Crippen molar-refractivity contribution in [3.63, 3.8) is 0 Å². The molecule has 2 aromatic carbocycles. The number of halogens is 2. The maximum atomic E-state index is 4.50. The number of rotatable bonds is 7. The van der Waals surface area contributed by atoms with Crippen molar-refractivity contribution in [2.45, 2.75) is 19.8 Å². The van der Waals surface area contributed by atoms with E-state index in [4.69, 9.17) is 0 Å². The lowest BCUT2D eigenvalue weighted by Gasteiger charge is -2.10. The fraction of sp³-hybridized carbons (Fsp3) is 0.316. The van der Waals surface area contributed by atoms with Crippen LogP contribution in [0.5, 0.6) is 0 Å². The van der Waals surface area contributed by atoms with Crippen LogP contribution in [0.3, 0.4) is 0 Å². The van der Waals surface area contributed by atoms with Gasteiger partial charge in [0.2, 0.25) is 0 Å². The van der Waals surface area contributed by atoms with Crippen LogP contribution in [0, 0.1) is 6.92 Å². The first-order chi connectivity index (χ1) is 10.8. The van der Waals surface area contributed by atoms with Gasteiger partial charge in [-0.3, -0.25) is 4.90 Å². The van der Waals surface area contributed by atoms with Gasteiger partial charge in [-0.05, 0) is 24.1 Å². The molecule has 24 heavy (non-hydrogen) atoms. The van der Waals surface area contributed by atoms with Gasteiger partial charge in [0.05, 0.1) is 19.6 Å². The number of aryl methyl sites for hydroxylation is 1. The zero-order valence-electron chi connectivity index (χ0n) is 14.0. The highest BCUT2D eigenvalue weighted by Gasteiger charge is 2.20. The van der Waals surface area contributed by atoms with Crippen LogP contribution in [0.1, 0.15) is 17.5 Å². The molecule has 0 aliphatic carbocycles. The minimum absolute atomic E-state index is 0. The first-order valence-electron chi connectivity index (χ1n) is 8.19. The van der Waals surface area contributed by atoms with Gasteiger partial charge in [0, 0.05) is 18.9 Å². The molecule has 0 spiro atoms. The second kappa shape index (κ2) is 10.5. The number of hydrogen-bond donors (Lipinski definition) is 2. The van der Waals surface area contributed by atoms with Crippen LogP contribution in [0.25, 0.3) is 0 Å². The number of benzene rings is 2. The Bertz CT molecular complexity index is 644. The van der Waals surface area contributed by atoms with Gasteiger partial charge in [-0.15, -0.1) is 0 Å². The summed E-state index contributed by atoms with van der Waals surface area (Å²) in [5, 5.41) is 2.43. The Balaban J connectivity index is 0.00000144. The van der Waals surface area contributed by atoms with Gasteiger partial charge in [-0.2, -0.15) is 4.99 Å². The van der Waals surface area contributed by atoms with Crippen molar-refractivity contribution in [1.82, 2.24) is 0 Å². The second-order valence-corrected chi connectivity index (χ2v) is 6.01. The molecule has 5 heteroatoms. The third-order valence-corrected chi connectivity index (χ3v) is 4.19. The molecule has 3 nitrogen and oxygen atoms in total. The van der Waals surface area contributed by atoms with E-state index in [2.05, 4.69) is 65.8 Å². The molecule has 3 N–H and O–H groups in total. The number of aliphatic imine (C=N–C) groups is 1. The average Bonchev–Trinajstić information content (AvgIpc) is 2.94. The van der Waals surface area contributed by atoms with Gasteiger partial charge in [0.1, 0.15) is 5.69 Å². The number of nitrogens with two attached hydrogens (primary N) is 1. The molecule has 0 saturated carbocycles. The van der Waals surface area contributed by atoms with Crippen molar-refractivity contribution in [3.8, 4) is 0 Å². The Hall–Kier alpha value is -1.39. The molecule has 0 aromatic heterocycles. The van der Waals surface area contributed by atoms with Gasteiger partial charge < -0.3 is 30.1 Å². The number of fused-ring (bicyclic) bond motifs is 1. The van der Waals surface area contributed by atoms with Crippen molar-refractivity contribution in [2.75, 3.05) is 19.6 Å². The summed E-state index contributed by atoms with van der Waals surface area (Å²) in [7, 11) is 0. The fourth-order valence-corrected chi connectivity index (χ4v) is 2.93. The summed E-state index contributed by atoms with van der Waals surface area (Å²) in [5.41, 5.74) is 5.22. The lowest BCUT2D eigenvalue weighted by Crippen LogP contribution is -3.05. The Morgan fingerprint density at radius 1 is 1.00 bits per heavy atom. The summed E-state index contributed by atoms with van der Waals surface area (Å²) >= 11 is 0. The maximum Gasteiger partial charge on any atom is 0.194 e. The number of hydrogen-bond acceptors (Lipinski definition) is 1. The smallest absolute Gasteiger partial charge is 0.194 e. The van der Waals surface area contributed by atoms with Crippen molar-refractivity contribution in [1.29, 1.82) is 0 Å². The lowest BCUT2D eigenvalue weighted by molar-refractivity contribution is -0.728. The van der Waals surface area contributed by atoms with Crippen molar-refractivity contribution in [2.24, 2.45) is 4.99 Å². The molecule has 0 amide bonds. The third kappa shape index (κ3) is 5.60. The lowest BCUT2D eigenvalue weighted by atomic mass is 10.1. The van der Waals surface area contributed by atoms with Gasteiger partial charge >= 0.3 is 0 Å². The zero-order chi connectivity index (χ0) is 15.2. The van der Waals surface area contributed by atoms with E-state index in [9.17, 15) is 0 Å². The van der Waals surface area contributed by atoms with Crippen LogP contribution in [0.15, 0.2) is 53.5 Å². The molecule has 1 unspecified atom stereocenters. The van der Waals surface area contributed by atoms with E-state index in [0.29, 0.717) is 0 Å². The van der Waals surface area contributed by atoms with E-state index < -0.39 is 0 Å². The topological polar surface area (TPSA) is 33.4 Å². The largest absolute Gasteiger partial charge is 1.00 e. The molecule has 1 heterocycles. The predicted molar refractivity (Wildman–Crippen MR) is 91.2 cm³/mol. The SMILES string of the molecule is Cc1ccc2c(c1)[NH+](CCC[NH2+]CCc1ccccc1)C=N2.[Cl-].[Cl-]. The molecule has 130 valence electrons. The van der Waals surface area contributed by atoms with Gasteiger partial charge in [-0.25, -0.2) is 0 Å². The first-order valence-corrected chi connectivity index (χ1v) is 8.19. The van der Waals surface area contributed by atoms with Crippen molar-refractivity contribution >= 4 is 17.7 Å². The molecule has 1 aliphatic rings. The van der Waals surface area contributed by atoms with Crippen LogP contribution in [-0.2, 0) is 6.42 Å². The minimum atomic E-state index is 0. The van der Waals surface area contributed by atoms with Crippen molar-refractivity contribution < 1.29 is 35.0 Å². The minimum Gasteiger partial charge on any atom is -1.00 e. The Morgan fingerprint density at radius 3 is 2.58 bits per heavy atom. The predicted octanol–water partition coefficient (Wildman–Crippen LogP) is -4.61. The van der Waals surface area contributed by atoms with E-state index in [1.54, 1.807) is 0 Å². The van der Waals surface area contributed by atoms with E-state index in [-0.39, 0.29) is 24.8 Å². The summed E-state index contributed by atoms with van der Waals surface area (Å²) in [6.45, 7) is 5.63. The molecule has 0 bridgehead atoms. The van der Waals surface area contributed by atoms with E-state index in [1.807, 2.05) is 6.34 Å². The molecule has 0 fully saturated rings. The molecule has 1 atom stereocenters. The Labute approximate surface area is 157 Å². The normalized spacial score (nSPS) is 14.6. The van der Waals surface area contributed by atoms with E-state index in [1.165, 1.54) is 41.2 Å². The molecule has 1 aliphatic heterocycles. The van der Waals surface area contributed by atoms with E-state index >= 15 is 0 Å². The standard InChI is InChI=1S/C19H23N3.2ClH/c1-16-8-9-18-19(14-16)22(15-21-18)13-5-11-20-12-10-17-6-3-2-4-7-17;;/h2-4,6-9,14-15,20H,5,10-13H2,1H3;2*1H. The number of nitrogens with one attached hydrogen (secondary N) is 1. The van der Waals surface area contributed by atoms with Crippen molar-refractivity contribution in [3.05, 3.63) is 59.7 Å². The molecular weight excluding hydrogens is 341 g/mol. The van der Waals surface area contributed by atoms with Crippen LogP contribution in [0.4, 0.5) is 11.4 Å². The summed E-state index contributed by atoms with van der Waals surface area (Å²) < 4.78 is 0. The number of quaternary nitrogens is 2. The summed E-state index contributed by atoms with van der Waals surface area (Å²) in [6.07, 6.45) is 4.42. The van der Waals surface area contributed by atoms with Gasteiger partial charge in [0.15, 0.2) is 12.0 Å². The van der Waals surface area contributed by atoms with Gasteiger partial charge in [0.25, 0.3) is 0 Å². The summed E-state index contributed by atoms with van der Waals surface area (Å²) in [4.78, 5) is 5.90. The highest BCUT2D eigenvalue weighted by atomic mass is 35.5. The summed E-state index contributed by atoms with van der Waals surface area (Å²) in [5.74, 6) is 0. The molecule has 0 radical (unpaired) electrons. The Morgan fingerprint density at radius 2 is 1.79 bits per heavy atom. The molecular formula is C19H25Cl2N3. The van der Waals surface area contributed by atoms with Crippen LogP contribution in [-0.4, -0.2) is 26.0 Å². The molecule has 0 saturated heterocycles. The van der Waals surface area contributed by atoms with E-state index in [0.717, 1.165) is 18.7 Å². The first kappa shape index (κ1) is 20.7. The second-order valence-electron chi connectivity index (χ2n) is 6.01.